The van der Waals surface area contributed by atoms with E-state index < -0.39 is 40.0 Å². The highest BCUT2D eigenvalue weighted by molar-refractivity contribution is 6.34. The van der Waals surface area contributed by atoms with Crippen LogP contribution < -0.4 is 0 Å². The molecule has 2 bridgehead atoms. The number of benzene rings is 1. The summed E-state index contributed by atoms with van der Waals surface area (Å²) < 4.78 is 6.47. The Kier molecular flexibility index (Phi) is 7.48. The maximum absolute atomic E-state index is 14.6. The number of rotatable bonds is 7. The van der Waals surface area contributed by atoms with Crippen LogP contribution in [0.5, 0.6) is 0 Å². The van der Waals surface area contributed by atoms with Gasteiger partial charge in [-0.15, -0.1) is 0 Å². The highest BCUT2D eigenvalue weighted by atomic mass is 16.5. The molecule has 1 saturated carbocycles. The maximum atomic E-state index is 14.6. The Morgan fingerprint density at radius 2 is 1.71 bits per heavy atom. The summed E-state index contributed by atoms with van der Waals surface area (Å²) in [6, 6.07) is 8.75. The maximum Gasteiger partial charge on any atom is 0.200 e. The van der Waals surface area contributed by atoms with Gasteiger partial charge in [0.25, 0.3) is 0 Å². The number of hydrogen-bond acceptors (Lipinski definition) is 5. The first kappa shape index (κ1) is 28.2. The van der Waals surface area contributed by atoms with E-state index in [0.717, 1.165) is 12.0 Å². The predicted octanol–water partition coefficient (Wildman–Crippen LogP) is 6.57. The SMILES string of the molecule is CC(C)=CC[C@@H]1C[C@@]2(CC=C(C)C)C(=O)C(C(=O)c3ccccc3)=C3O[C@@H](C(C)(C)O)CC[C@]1(C)[C@H]3C2=O. The Hall–Kier alpha value is -2.79. The number of carbonyl (C=O) groups is 3. The number of Topliss-reactive ketones (excluding diaryl/α,β-unsaturated/α-hetero) is 3. The average molecular weight is 519 g/mol. The van der Waals surface area contributed by atoms with Gasteiger partial charge in [-0.2, -0.15) is 0 Å². The topological polar surface area (TPSA) is 80.7 Å². The number of hydrogen-bond donors (Lipinski definition) is 1. The number of ether oxygens (including phenoxy) is 1. The van der Waals surface area contributed by atoms with E-state index in [9.17, 15) is 19.5 Å². The summed E-state index contributed by atoms with van der Waals surface area (Å²) in [5.74, 6) is -1.47. The second kappa shape index (κ2) is 10.1. The number of ketones is 3. The summed E-state index contributed by atoms with van der Waals surface area (Å²) in [7, 11) is 0. The summed E-state index contributed by atoms with van der Waals surface area (Å²) in [5, 5.41) is 11.0. The molecule has 38 heavy (non-hydrogen) atoms. The molecule has 0 radical (unpaired) electrons. The van der Waals surface area contributed by atoms with Crippen LogP contribution in [0.4, 0.5) is 0 Å². The van der Waals surface area contributed by atoms with E-state index in [1.54, 1.807) is 38.1 Å². The minimum atomic E-state index is -1.30. The highest BCUT2D eigenvalue weighted by Gasteiger charge is 2.67. The van der Waals surface area contributed by atoms with Crippen LogP contribution in [0, 0.1) is 22.7 Å². The third-order valence-corrected chi connectivity index (χ3v) is 9.03. The van der Waals surface area contributed by atoms with Gasteiger partial charge in [-0.25, -0.2) is 0 Å². The molecule has 5 atom stereocenters. The van der Waals surface area contributed by atoms with Gasteiger partial charge >= 0.3 is 0 Å². The molecular weight excluding hydrogens is 476 g/mol. The van der Waals surface area contributed by atoms with E-state index >= 15 is 0 Å². The van der Waals surface area contributed by atoms with Crippen LogP contribution in [0.15, 0.2) is 65.0 Å². The Bertz CT molecular complexity index is 1220. The van der Waals surface area contributed by atoms with Crippen molar-refractivity contribution < 1.29 is 24.2 Å². The highest BCUT2D eigenvalue weighted by Crippen LogP contribution is 2.63. The van der Waals surface area contributed by atoms with Gasteiger partial charge < -0.3 is 9.84 Å². The molecule has 1 aromatic carbocycles. The van der Waals surface area contributed by atoms with Gasteiger partial charge in [0.2, 0.25) is 0 Å². The van der Waals surface area contributed by atoms with Crippen LogP contribution in [0.3, 0.4) is 0 Å². The van der Waals surface area contributed by atoms with Crippen LogP contribution in [0.25, 0.3) is 0 Å². The molecule has 0 aromatic heterocycles. The van der Waals surface area contributed by atoms with E-state index in [1.807, 2.05) is 26.0 Å². The van der Waals surface area contributed by atoms with Gasteiger partial charge in [-0.1, -0.05) is 60.6 Å². The summed E-state index contributed by atoms with van der Waals surface area (Å²) in [5.41, 5.74) is -0.432. The fraction of sp³-hybridized carbons (Fsp3) is 0.545. The molecule has 3 aliphatic rings. The first-order valence-corrected chi connectivity index (χ1v) is 13.8. The minimum absolute atomic E-state index is 0.00834. The first-order chi connectivity index (χ1) is 17.7. The van der Waals surface area contributed by atoms with Crippen molar-refractivity contribution >= 4 is 17.3 Å². The monoisotopic (exact) mass is 518 g/mol. The zero-order valence-electron chi connectivity index (χ0n) is 23.9. The molecule has 1 aromatic rings. The zero-order chi connectivity index (χ0) is 28.0. The van der Waals surface area contributed by atoms with Crippen molar-refractivity contribution in [3.8, 4) is 0 Å². The molecular formula is C33H42O5. The zero-order valence-corrected chi connectivity index (χ0v) is 23.9. The predicted molar refractivity (Wildman–Crippen MR) is 148 cm³/mol. The molecule has 204 valence electrons. The van der Waals surface area contributed by atoms with Crippen molar-refractivity contribution in [3.63, 3.8) is 0 Å². The van der Waals surface area contributed by atoms with Crippen molar-refractivity contribution in [2.45, 2.75) is 92.3 Å². The standard InChI is InChI=1S/C33H42O5/c1-20(2)13-14-23-19-33(18-15-21(3)4)29(35)25(27(34)22-11-9-8-10-12-22)28-26(30(33)36)32(23,7)17-16-24(38-28)31(5,6)37/h8-13,15,23-24,26,37H,14,16-19H2,1-7H3/t23-,24-,26-,32+,33+/m1/s1. The number of carbonyl (C=O) groups excluding carboxylic acids is 3. The molecule has 2 aliphatic carbocycles. The Labute approximate surface area is 227 Å². The van der Waals surface area contributed by atoms with Crippen LogP contribution in [-0.2, 0) is 14.3 Å². The van der Waals surface area contributed by atoms with Crippen molar-refractivity contribution in [1.29, 1.82) is 0 Å². The minimum Gasteiger partial charge on any atom is -0.490 e. The second-order valence-electron chi connectivity index (χ2n) is 12.9. The van der Waals surface area contributed by atoms with Gasteiger partial charge in [0.1, 0.15) is 17.4 Å². The summed E-state index contributed by atoms with van der Waals surface area (Å²) >= 11 is 0. The molecule has 5 nitrogen and oxygen atoms in total. The largest absolute Gasteiger partial charge is 0.490 e. The molecule has 0 unspecified atom stereocenters. The summed E-state index contributed by atoms with van der Waals surface area (Å²) in [6.45, 7) is 13.5. The van der Waals surface area contributed by atoms with Crippen molar-refractivity contribution in [2.75, 3.05) is 0 Å². The fourth-order valence-electron chi connectivity index (χ4n) is 6.65. The van der Waals surface area contributed by atoms with Crippen LogP contribution in [0.1, 0.15) is 90.9 Å². The van der Waals surface area contributed by atoms with Gasteiger partial charge in [-0.3, -0.25) is 14.4 Å². The molecule has 1 saturated heterocycles. The molecule has 0 amide bonds. The quantitative estimate of drug-likeness (QED) is 0.191. The molecule has 1 aliphatic heterocycles. The van der Waals surface area contributed by atoms with Crippen molar-refractivity contribution in [1.82, 2.24) is 0 Å². The Morgan fingerprint density at radius 3 is 2.29 bits per heavy atom. The first-order valence-electron chi connectivity index (χ1n) is 13.8. The summed E-state index contributed by atoms with van der Waals surface area (Å²) in [6.07, 6.45) is 6.12. The lowest BCUT2D eigenvalue weighted by molar-refractivity contribution is -0.158. The van der Waals surface area contributed by atoms with Gasteiger partial charge in [0.05, 0.1) is 16.9 Å². The van der Waals surface area contributed by atoms with Gasteiger partial charge in [0, 0.05) is 5.56 Å². The molecule has 5 heteroatoms. The third kappa shape index (κ3) is 4.75. The smallest absolute Gasteiger partial charge is 0.200 e. The van der Waals surface area contributed by atoms with E-state index in [1.165, 1.54) is 5.57 Å². The number of fused-ring (bicyclic) bond motifs is 1. The lowest BCUT2D eigenvalue weighted by Gasteiger charge is -2.55. The normalized spacial score (nSPS) is 30.8. The molecule has 0 spiro atoms. The Morgan fingerprint density at radius 1 is 1.08 bits per heavy atom. The molecule has 2 fully saturated rings. The number of aliphatic hydroxyl groups is 1. The number of allylic oxidation sites excluding steroid dienone is 6. The second-order valence-corrected chi connectivity index (χ2v) is 12.9. The third-order valence-electron chi connectivity index (χ3n) is 9.03. The average Bonchev–Trinajstić information content (AvgIpc) is 3.01. The molecule has 1 heterocycles. The van der Waals surface area contributed by atoms with E-state index in [0.29, 0.717) is 24.8 Å². The lowest BCUT2D eigenvalue weighted by atomic mass is 9.46. The molecule has 4 rings (SSSR count). The summed E-state index contributed by atoms with van der Waals surface area (Å²) in [4.78, 5) is 43.1. The van der Waals surface area contributed by atoms with Crippen molar-refractivity contribution in [2.24, 2.45) is 22.7 Å². The lowest BCUT2D eigenvalue weighted by Crippen LogP contribution is -2.60. The van der Waals surface area contributed by atoms with Gasteiger partial charge in [-0.05, 0) is 85.0 Å². The van der Waals surface area contributed by atoms with Crippen LogP contribution >= 0.6 is 0 Å². The molecule has 1 N–H and O–H groups in total. The van der Waals surface area contributed by atoms with E-state index in [-0.39, 0.29) is 29.5 Å². The van der Waals surface area contributed by atoms with Crippen molar-refractivity contribution in [3.05, 3.63) is 70.5 Å². The Balaban J connectivity index is 2.02. The van der Waals surface area contributed by atoms with Crippen LogP contribution in [-0.4, -0.2) is 34.2 Å². The van der Waals surface area contributed by atoms with E-state index in [4.69, 9.17) is 4.74 Å². The fourth-order valence-corrected chi connectivity index (χ4v) is 6.65. The van der Waals surface area contributed by atoms with Crippen LogP contribution in [0.2, 0.25) is 0 Å². The van der Waals surface area contributed by atoms with E-state index in [2.05, 4.69) is 26.8 Å². The van der Waals surface area contributed by atoms with Gasteiger partial charge in [0.15, 0.2) is 17.3 Å².